The van der Waals surface area contributed by atoms with E-state index in [-0.39, 0.29) is 18.8 Å². The molecule has 9 heteroatoms. The summed E-state index contributed by atoms with van der Waals surface area (Å²) < 4.78 is 56.6. The van der Waals surface area contributed by atoms with Crippen molar-refractivity contribution in [2.45, 2.75) is 0 Å². The van der Waals surface area contributed by atoms with Crippen molar-refractivity contribution in [3.63, 3.8) is 0 Å². The summed E-state index contributed by atoms with van der Waals surface area (Å²) in [5.41, 5.74) is -0.678. The van der Waals surface area contributed by atoms with Crippen LogP contribution in [0.3, 0.4) is 0 Å². The van der Waals surface area contributed by atoms with Gasteiger partial charge >= 0.3 is 0 Å². The number of para-hydroxylation sites is 1. The van der Waals surface area contributed by atoms with Gasteiger partial charge in [-0.15, -0.1) is 0 Å². The number of carbonyl (C=O) groups is 1. The molecule has 0 saturated heterocycles. The van der Waals surface area contributed by atoms with Gasteiger partial charge in [0.25, 0.3) is 5.91 Å². The molecule has 0 spiro atoms. The van der Waals surface area contributed by atoms with E-state index in [2.05, 4.69) is 5.32 Å². The first-order chi connectivity index (χ1) is 10.8. The monoisotopic (exact) mass is 344 g/mol. The minimum atomic E-state index is -3.94. The minimum absolute atomic E-state index is 0.0491. The van der Waals surface area contributed by atoms with Crippen LogP contribution in [0.5, 0.6) is 0 Å². The fraction of sp³-hybridized carbons (Fsp3) is 0.214. The molecule has 1 N–H and O–H groups in total. The maximum absolute atomic E-state index is 13.8. The second kappa shape index (κ2) is 6.78. The maximum Gasteiger partial charge on any atom is 0.287 e. The van der Waals surface area contributed by atoms with Gasteiger partial charge in [-0.2, -0.15) is 0 Å². The van der Waals surface area contributed by atoms with Crippen LogP contribution < -0.4 is 9.62 Å². The fourth-order valence-electron chi connectivity index (χ4n) is 1.94. The third-order valence-electron chi connectivity index (χ3n) is 2.93. The van der Waals surface area contributed by atoms with Crippen molar-refractivity contribution in [3.05, 3.63) is 54.0 Å². The molecule has 0 fully saturated rings. The third kappa shape index (κ3) is 4.07. The molecule has 1 amide bonds. The summed E-state index contributed by atoms with van der Waals surface area (Å²) in [4.78, 5) is 11.7. The van der Waals surface area contributed by atoms with Gasteiger partial charge in [0.15, 0.2) is 17.4 Å². The average molecular weight is 344 g/mol. The maximum atomic E-state index is 13.8. The summed E-state index contributed by atoms with van der Waals surface area (Å²) in [5, 5.41) is 2.41. The van der Waals surface area contributed by atoms with E-state index in [1.807, 2.05) is 0 Å². The van der Waals surface area contributed by atoms with Crippen molar-refractivity contribution in [2.24, 2.45) is 0 Å². The number of nitrogens with one attached hydrogen (secondary N) is 1. The third-order valence-corrected chi connectivity index (χ3v) is 4.10. The van der Waals surface area contributed by atoms with E-state index in [4.69, 9.17) is 4.42 Å². The number of hydrogen-bond acceptors (Lipinski definition) is 4. The lowest BCUT2D eigenvalue weighted by atomic mass is 10.3. The molecule has 0 aliphatic carbocycles. The number of halogens is 2. The van der Waals surface area contributed by atoms with Crippen molar-refractivity contribution in [1.29, 1.82) is 0 Å². The Morgan fingerprint density at radius 3 is 2.39 bits per heavy atom. The van der Waals surface area contributed by atoms with E-state index in [1.165, 1.54) is 18.4 Å². The van der Waals surface area contributed by atoms with E-state index >= 15 is 0 Å². The first kappa shape index (κ1) is 16.9. The van der Waals surface area contributed by atoms with Crippen molar-refractivity contribution in [1.82, 2.24) is 5.32 Å². The van der Waals surface area contributed by atoms with Gasteiger partial charge in [-0.3, -0.25) is 9.10 Å². The zero-order valence-corrected chi connectivity index (χ0v) is 12.9. The van der Waals surface area contributed by atoms with Crippen LogP contribution in [-0.2, 0) is 10.0 Å². The van der Waals surface area contributed by atoms with Crippen molar-refractivity contribution in [3.8, 4) is 0 Å². The second-order valence-corrected chi connectivity index (χ2v) is 6.55. The largest absolute Gasteiger partial charge is 0.459 e. The van der Waals surface area contributed by atoms with Gasteiger partial charge in [0, 0.05) is 6.54 Å². The Bertz CT molecular complexity index is 771. The predicted molar refractivity (Wildman–Crippen MR) is 79.6 cm³/mol. The van der Waals surface area contributed by atoms with Gasteiger partial charge in [0.2, 0.25) is 10.0 Å². The Morgan fingerprint density at radius 2 is 1.87 bits per heavy atom. The number of rotatable bonds is 6. The number of benzene rings is 1. The van der Waals surface area contributed by atoms with Gasteiger partial charge in [-0.1, -0.05) is 6.07 Å². The Kier molecular flexibility index (Phi) is 4.99. The molecule has 0 radical (unpaired) electrons. The zero-order chi connectivity index (χ0) is 17.0. The van der Waals surface area contributed by atoms with Crippen LogP contribution >= 0.6 is 0 Å². The summed E-state index contributed by atoms with van der Waals surface area (Å²) >= 11 is 0. The number of sulfonamides is 1. The van der Waals surface area contributed by atoms with Crippen LogP contribution in [0.1, 0.15) is 10.6 Å². The van der Waals surface area contributed by atoms with E-state index in [1.54, 1.807) is 0 Å². The molecule has 0 aliphatic rings. The first-order valence-electron chi connectivity index (χ1n) is 6.54. The highest BCUT2D eigenvalue weighted by atomic mass is 32.2. The molecule has 1 aromatic heterocycles. The Labute approximate surface area is 131 Å². The summed E-state index contributed by atoms with van der Waals surface area (Å²) in [5.74, 6) is -2.52. The molecule has 0 aliphatic heterocycles. The lowest BCUT2D eigenvalue weighted by molar-refractivity contribution is 0.0927. The molecule has 0 atom stereocenters. The van der Waals surface area contributed by atoms with Crippen LogP contribution in [-0.4, -0.2) is 33.7 Å². The summed E-state index contributed by atoms with van der Waals surface area (Å²) in [7, 11) is -3.94. The van der Waals surface area contributed by atoms with E-state index in [9.17, 15) is 22.0 Å². The second-order valence-electron chi connectivity index (χ2n) is 4.64. The lowest BCUT2D eigenvalue weighted by Gasteiger charge is -2.23. The Morgan fingerprint density at radius 1 is 1.22 bits per heavy atom. The summed E-state index contributed by atoms with van der Waals surface area (Å²) in [6.07, 6.45) is 2.14. The normalized spacial score (nSPS) is 11.3. The molecule has 2 aromatic rings. The van der Waals surface area contributed by atoms with Crippen molar-refractivity contribution in [2.75, 3.05) is 23.7 Å². The zero-order valence-electron chi connectivity index (χ0n) is 12.1. The molecule has 1 aromatic carbocycles. The number of anilines is 1. The number of nitrogens with zero attached hydrogens (tertiary/aromatic N) is 1. The van der Waals surface area contributed by atoms with Crippen LogP contribution in [0.2, 0.25) is 0 Å². The van der Waals surface area contributed by atoms with Gasteiger partial charge in [0.05, 0.1) is 19.1 Å². The standard InChI is InChI=1S/C14H14F2N2O4S/c1-23(20,21)18(13-10(15)4-2-5-11(13)16)8-7-17-14(19)12-6-3-9-22-12/h2-6,9H,7-8H2,1H3,(H,17,19). The fourth-order valence-corrected chi connectivity index (χ4v) is 2.87. The topological polar surface area (TPSA) is 79.6 Å². The molecular weight excluding hydrogens is 330 g/mol. The van der Waals surface area contributed by atoms with Crippen LogP contribution in [0, 0.1) is 11.6 Å². The summed E-state index contributed by atoms with van der Waals surface area (Å²) in [6, 6.07) is 6.00. The highest BCUT2D eigenvalue weighted by molar-refractivity contribution is 7.92. The molecule has 1 heterocycles. The summed E-state index contributed by atoms with van der Waals surface area (Å²) in [6.45, 7) is -0.483. The van der Waals surface area contributed by atoms with E-state index in [0.717, 1.165) is 24.5 Å². The Balaban J connectivity index is 2.13. The smallest absolute Gasteiger partial charge is 0.287 e. The van der Waals surface area contributed by atoms with Gasteiger partial charge in [0.1, 0.15) is 5.69 Å². The van der Waals surface area contributed by atoms with E-state index < -0.39 is 33.3 Å². The molecule has 0 saturated carbocycles. The van der Waals surface area contributed by atoms with Crippen molar-refractivity contribution < 1.29 is 26.4 Å². The molecule has 23 heavy (non-hydrogen) atoms. The Hall–Kier alpha value is -2.42. The SMILES string of the molecule is CS(=O)(=O)N(CCNC(=O)c1ccco1)c1c(F)cccc1F. The highest BCUT2D eigenvalue weighted by Crippen LogP contribution is 2.24. The molecule has 124 valence electrons. The van der Waals surface area contributed by atoms with Crippen LogP contribution in [0.4, 0.5) is 14.5 Å². The quantitative estimate of drug-likeness (QED) is 0.866. The van der Waals surface area contributed by atoms with E-state index in [0.29, 0.717) is 4.31 Å². The first-order valence-corrected chi connectivity index (χ1v) is 8.39. The number of furan rings is 1. The minimum Gasteiger partial charge on any atom is -0.459 e. The van der Waals surface area contributed by atoms with Gasteiger partial charge in [-0.25, -0.2) is 17.2 Å². The highest BCUT2D eigenvalue weighted by Gasteiger charge is 2.24. The molecule has 6 nitrogen and oxygen atoms in total. The van der Waals surface area contributed by atoms with Crippen molar-refractivity contribution >= 4 is 21.6 Å². The van der Waals surface area contributed by atoms with Gasteiger partial charge < -0.3 is 9.73 Å². The molecular formula is C14H14F2N2O4S. The average Bonchev–Trinajstić information content (AvgIpc) is 2.98. The predicted octanol–water partition coefficient (Wildman–Crippen LogP) is 1.75. The lowest BCUT2D eigenvalue weighted by Crippen LogP contribution is -2.39. The van der Waals surface area contributed by atoms with Crippen LogP contribution in [0.15, 0.2) is 41.0 Å². The number of hydrogen-bond donors (Lipinski definition) is 1. The van der Waals surface area contributed by atoms with Crippen LogP contribution in [0.25, 0.3) is 0 Å². The molecule has 0 bridgehead atoms. The number of carbonyl (C=O) groups excluding carboxylic acids is 1. The number of amides is 1. The molecule has 2 rings (SSSR count). The molecule has 0 unspecified atom stereocenters. The van der Waals surface area contributed by atoms with Gasteiger partial charge in [-0.05, 0) is 24.3 Å².